The fourth-order valence-corrected chi connectivity index (χ4v) is 3.53. The molecule has 4 nitrogen and oxygen atoms in total. The molecule has 0 spiro atoms. The van der Waals surface area contributed by atoms with Crippen LogP contribution in [0, 0.1) is 0 Å². The Hall–Kier alpha value is -1.39. The second-order valence-electron chi connectivity index (χ2n) is 5.74. The molecule has 0 radical (unpaired) electrons. The molecule has 1 aliphatic heterocycles. The van der Waals surface area contributed by atoms with Crippen molar-refractivity contribution in [3.63, 3.8) is 0 Å². The summed E-state index contributed by atoms with van der Waals surface area (Å²) in [6, 6.07) is 9.18. The van der Waals surface area contributed by atoms with Crippen LogP contribution in [-0.2, 0) is 17.6 Å². The van der Waals surface area contributed by atoms with E-state index in [1.165, 1.54) is 11.1 Å². The van der Waals surface area contributed by atoms with E-state index in [-0.39, 0.29) is 11.9 Å². The Bertz CT molecular complexity index is 488. The van der Waals surface area contributed by atoms with E-state index < -0.39 is 0 Å². The first-order valence-electron chi connectivity index (χ1n) is 7.54. The number of aryl methyl sites for hydroxylation is 1. The minimum absolute atomic E-state index is 0.0241. The summed E-state index contributed by atoms with van der Waals surface area (Å²) in [5.41, 5.74) is 2.94. The molecule has 2 atom stereocenters. The number of carbonyl (C=O) groups is 1. The number of likely N-dealkylation sites (N-methyl/N-ethyl adjacent to an activating group) is 1. The van der Waals surface area contributed by atoms with Crippen LogP contribution < -0.4 is 10.6 Å². The van der Waals surface area contributed by atoms with E-state index in [0.717, 1.165) is 38.9 Å². The molecule has 2 aliphatic rings. The number of nitrogens with zero attached hydrogens (tertiary/aromatic N) is 1. The largest absolute Gasteiger partial charge is 0.358 e. The van der Waals surface area contributed by atoms with Gasteiger partial charge in [0, 0.05) is 32.7 Å². The first-order valence-corrected chi connectivity index (χ1v) is 7.54. The lowest BCUT2D eigenvalue weighted by Crippen LogP contribution is -2.61. The molecule has 3 rings (SSSR count). The van der Waals surface area contributed by atoms with Crippen LogP contribution in [0.15, 0.2) is 24.3 Å². The molecule has 20 heavy (non-hydrogen) atoms. The van der Waals surface area contributed by atoms with E-state index in [0.29, 0.717) is 6.04 Å². The van der Waals surface area contributed by atoms with E-state index >= 15 is 0 Å². The third kappa shape index (κ3) is 2.58. The molecule has 1 aromatic rings. The van der Waals surface area contributed by atoms with Gasteiger partial charge in [-0.2, -0.15) is 0 Å². The minimum atomic E-state index is -0.0241. The molecule has 0 bridgehead atoms. The average molecular weight is 273 g/mol. The van der Waals surface area contributed by atoms with Crippen LogP contribution in [0.1, 0.15) is 17.5 Å². The molecule has 2 N–H and O–H groups in total. The highest BCUT2D eigenvalue weighted by Gasteiger charge is 2.34. The van der Waals surface area contributed by atoms with E-state index in [2.05, 4.69) is 39.8 Å². The van der Waals surface area contributed by atoms with Crippen molar-refractivity contribution in [1.82, 2.24) is 15.5 Å². The fourth-order valence-electron chi connectivity index (χ4n) is 3.53. The number of hydrogen-bond donors (Lipinski definition) is 2. The number of hydrogen-bond acceptors (Lipinski definition) is 3. The van der Waals surface area contributed by atoms with Crippen molar-refractivity contribution in [2.24, 2.45) is 0 Å². The lowest BCUT2D eigenvalue weighted by molar-refractivity contribution is -0.127. The molecule has 2 unspecified atom stereocenters. The summed E-state index contributed by atoms with van der Waals surface area (Å²) >= 11 is 0. The maximum Gasteiger partial charge on any atom is 0.238 e. The lowest BCUT2D eigenvalue weighted by atomic mass is 9.86. The van der Waals surface area contributed by atoms with Crippen molar-refractivity contribution < 1.29 is 4.79 Å². The Kier molecular flexibility index (Phi) is 4.03. The molecule has 1 aromatic carbocycles. The van der Waals surface area contributed by atoms with Gasteiger partial charge < -0.3 is 10.6 Å². The summed E-state index contributed by atoms with van der Waals surface area (Å²) in [6.45, 7) is 2.70. The summed E-state index contributed by atoms with van der Waals surface area (Å²) in [4.78, 5) is 14.5. The van der Waals surface area contributed by atoms with Gasteiger partial charge in [-0.3, -0.25) is 9.69 Å². The van der Waals surface area contributed by atoms with Crippen molar-refractivity contribution in [1.29, 1.82) is 0 Å². The smallest absolute Gasteiger partial charge is 0.238 e. The Balaban J connectivity index is 1.76. The molecule has 0 aromatic heterocycles. The first-order chi connectivity index (χ1) is 9.79. The SMILES string of the molecule is CNC(=O)C1CNCCN1C1CCc2ccccc2C1. The van der Waals surface area contributed by atoms with Crippen LogP contribution >= 0.6 is 0 Å². The van der Waals surface area contributed by atoms with Crippen LogP contribution in [0.4, 0.5) is 0 Å². The lowest BCUT2D eigenvalue weighted by Gasteiger charge is -2.42. The van der Waals surface area contributed by atoms with Crippen molar-refractivity contribution in [3.8, 4) is 0 Å². The van der Waals surface area contributed by atoms with E-state index in [9.17, 15) is 4.79 Å². The highest BCUT2D eigenvalue weighted by atomic mass is 16.2. The first kappa shape index (κ1) is 13.6. The molecular formula is C16H23N3O. The van der Waals surface area contributed by atoms with Crippen molar-refractivity contribution >= 4 is 5.91 Å². The molecule has 1 heterocycles. The Morgan fingerprint density at radius 3 is 2.95 bits per heavy atom. The zero-order valence-corrected chi connectivity index (χ0v) is 12.1. The van der Waals surface area contributed by atoms with Gasteiger partial charge in [0.2, 0.25) is 5.91 Å². The van der Waals surface area contributed by atoms with Gasteiger partial charge in [0.15, 0.2) is 0 Å². The van der Waals surface area contributed by atoms with Gasteiger partial charge >= 0.3 is 0 Å². The molecule has 0 saturated carbocycles. The summed E-state index contributed by atoms with van der Waals surface area (Å²) in [5.74, 6) is 0.135. The van der Waals surface area contributed by atoms with Crippen molar-refractivity contribution in [2.45, 2.75) is 31.3 Å². The number of carbonyl (C=O) groups excluding carboxylic acids is 1. The third-order valence-electron chi connectivity index (χ3n) is 4.62. The van der Waals surface area contributed by atoms with Gasteiger partial charge in [-0.15, -0.1) is 0 Å². The molecule has 1 aliphatic carbocycles. The maximum absolute atomic E-state index is 12.1. The molecule has 108 valence electrons. The Morgan fingerprint density at radius 1 is 1.35 bits per heavy atom. The Labute approximate surface area is 120 Å². The van der Waals surface area contributed by atoms with Crippen molar-refractivity contribution in [2.75, 3.05) is 26.7 Å². The van der Waals surface area contributed by atoms with Crippen LogP contribution in [0.2, 0.25) is 0 Å². The maximum atomic E-state index is 12.1. The van der Waals surface area contributed by atoms with Gasteiger partial charge in [-0.1, -0.05) is 24.3 Å². The topological polar surface area (TPSA) is 44.4 Å². The minimum Gasteiger partial charge on any atom is -0.358 e. The number of fused-ring (bicyclic) bond motifs is 1. The number of nitrogens with one attached hydrogen (secondary N) is 2. The van der Waals surface area contributed by atoms with E-state index in [1.54, 1.807) is 7.05 Å². The number of benzene rings is 1. The van der Waals surface area contributed by atoms with Crippen LogP contribution in [0.5, 0.6) is 0 Å². The molecule has 4 heteroatoms. The quantitative estimate of drug-likeness (QED) is 0.828. The third-order valence-corrected chi connectivity index (χ3v) is 4.62. The number of piperazine rings is 1. The molecule has 1 saturated heterocycles. The predicted molar refractivity (Wildman–Crippen MR) is 79.7 cm³/mol. The summed E-state index contributed by atoms with van der Waals surface area (Å²) in [6.07, 6.45) is 3.36. The average Bonchev–Trinajstić information content (AvgIpc) is 2.53. The number of amides is 1. The van der Waals surface area contributed by atoms with Crippen LogP contribution in [0.3, 0.4) is 0 Å². The normalized spacial score (nSPS) is 26.9. The van der Waals surface area contributed by atoms with Gasteiger partial charge in [0.05, 0.1) is 0 Å². The Morgan fingerprint density at radius 2 is 2.15 bits per heavy atom. The molecule has 1 amide bonds. The highest BCUT2D eigenvalue weighted by Crippen LogP contribution is 2.26. The second kappa shape index (κ2) is 5.94. The van der Waals surface area contributed by atoms with E-state index in [4.69, 9.17) is 0 Å². The summed E-state index contributed by atoms with van der Waals surface area (Å²) in [5, 5.41) is 6.14. The second-order valence-corrected chi connectivity index (χ2v) is 5.74. The molecule has 1 fully saturated rings. The zero-order valence-electron chi connectivity index (χ0n) is 12.1. The summed E-state index contributed by atoms with van der Waals surface area (Å²) in [7, 11) is 1.73. The van der Waals surface area contributed by atoms with E-state index in [1.807, 2.05) is 0 Å². The zero-order chi connectivity index (χ0) is 13.9. The van der Waals surface area contributed by atoms with Crippen LogP contribution in [0.25, 0.3) is 0 Å². The van der Waals surface area contributed by atoms with Gasteiger partial charge in [0.1, 0.15) is 6.04 Å². The van der Waals surface area contributed by atoms with Crippen LogP contribution in [-0.4, -0.2) is 49.6 Å². The standard InChI is InChI=1S/C16H23N3O/c1-17-16(20)15-11-18-8-9-19(15)14-7-6-12-4-2-3-5-13(12)10-14/h2-5,14-15,18H,6-11H2,1H3,(H,17,20). The summed E-state index contributed by atoms with van der Waals surface area (Å²) < 4.78 is 0. The fraction of sp³-hybridized carbons (Fsp3) is 0.562. The predicted octanol–water partition coefficient (Wildman–Crippen LogP) is 0.564. The molecular weight excluding hydrogens is 250 g/mol. The van der Waals surface area contributed by atoms with Crippen molar-refractivity contribution in [3.05, 3.63) is 35.4 Å². The monoisotopic (exact) mass is 273 g/mol. The van der Waals surface area contributed by atoms with Gasteiger partial charge in [-0.25, -0.2) is 0 Å². The number of rotatable bonds is 2. The highest BCUT2D eigenvalue weighted by molar-refractivity contribution is 5.81. The van der Waals surface area contributed by atoms with Gasteiger partial charge in [-0.05, 0) is 30.4 Å². The van der Waals surface area contributed by atoms with Gasteiger partial charge in [0.25, 0.3) is 0 Å².